The van der Waals surface area contributed by atoms with Crippen molar-refractivity contribution in [1.82, 2.24) is 0 Å². The minimum absolute atomic E-state index is 0.338. The second-order valence-corrected chi connectivity index (χ2v) is 3.82. The molecule has 0 heterocycles. The third-order valence-electron chi connectivity index (χ3n) is 1.68. The minimum Gasteiger partial charge on any atom is -0.495 e. The van der Waals surface area contributed by atoms with E-state index in [0.717, 1.165) is 0 Å². The fraction of sp³-hybridized carbons (Fsp3) is 0.333. The lowest BCUT2D eigenvalue weighted by atomic mass is 10.1. The number of rotatable bonds is 1. The van der Waals surface area contributed by atoms with Crippen LogP contribution in [0, 0.1) is 17.7 Å². The van der Waals surface area contributed by atoms with Crippen molar-refractivity contribution in [1.29, 1.82) is 0 Å². The lowest BCUT2D eigenvalue weighted by Crippen LogP contribution is -2.29. The highest BCUT2D eigenvalue weighted by Gasteiger charge is 2.06. The van der Waals surface area contributed by atoms with Crippen LogP contribution in [0.15, 0.2) is 18.2 Å². The molecular weight excluding hydrogens is 193 g/mol. The van der Waals surface area contributed by atoms with Gasteiger partial charge in [-0.15, -0.1) is 0 Å². The predicted octanol–water partition coefficient (Wildman–Crippen LogP) is 1.92. The summed E-state index contributed by atoms with van der Waals surface area (Å²) in [6.45, 7) is 3.57. The molecule has 1 rings (SSSR count). The molecule has 0 bridgehead atoms. The van der Waals surface area contributed by atoms with E-state index in [1.54, 1.807) is 19.9 Å². The fourth-order valence-corrected chi connectivity index (χ4v) is 1.01. The van der Waals surface area contributed by atoms with Crippen molar-refractivity contribution < 1.29 is 9.13 Å². The second-order valence-electron chi connectivity index (χ2n) is 3.82. The first-order valence-electron chi connectivity index (χ1n) is 4.58. The van der Waals surface area contributed by atoms with Gasteiger partial charge in [0, 0.05) is 0 Å². The lowest BCUT2D eigenvalue weighted by Gasteiger charge is -2.08. The van der Waals surface area contributed by atoms with E-state index < -0.39 is 5.54 Å². The van der Waals surface area contributed by atoms with Crippen molar-refractivity contribution in [3.8, 4) is 17.6 Å². The first kappa shape index (κ1) is 11.5. The standard InChI is InChI=1S/C12H14FNO/c1-12(2,14)7-6-9-8-10(13)4-5-11(9)15-3/h4-5,8H,14H2,1-3H3. The predicted molar refractivity (Wildman–Crippen MR) is 58.1 cm³/mol. The summed E-state index contributed by atoms with van der Waals surface area (Å²) in [5.74, 6) is 5.84. The summed E-state index contributed by atoms with van der Waals surface area (Å²) in [7, 11) is 1.52. The van der Waals surface area contributed by atoms with Gasteiger partial charge in [0.1, 0.15) is 11.6 Å². The van der Waals surface area contributed by atoms with E-state index >= 15 is 0 Å². The summed E-state index contributed by atoms with van der Waals surface area (Å²) in [6, 6.07) is 4.21. The molecule has 0 unspecified atom stereocenters. The number of halogens is 1. The summed E-state index contributed by atoms with van der Waals surface area (Å²) in [5.41, 5.74) is 5.62. The van der Waals surface area contributed by atoms with E-state index in [9.17, 15) is 4.39 Å². The summed E-state index contributed by atoms with van der Waals surface area (Å²) >= 11 is 0. The van der Waals surface area contributed by atoms with Crippen LogP contribution in [0.25, 0.3) is 0 Å². The summed E-state index contributed by atoms with van der Waals surface area (Å²) in [4.78, 5) is 0. The number of hydrogen-bond acceptors (Lipinski definition) is 2. The molecular formula is C12H14FNO. The third kappa shape index (κ3) is 3.61. The number of methoxy groups -OCH3 is 1. The van der Waals surface area contributed by atoms with E-state index in [1.165, 1.54) is 19.2 Å². The van der Waals surface area contributed by atoms with Crippen LogP contribution in [0.5, 0.6) is 5.75 Å². The maximum Gasteiger partial charge on any atom is 0.134 e. The third-order valence-corrected chi connectivity index (χ3v) is 1.68. The van der Waals surface area contributed by atoms with Crippen molar-refractivity contribution in [2.45, 2.75) is 19.4 Å². The summed E-state index contributed by atoms with van der Waals surface area (Å²) in [6.07, 6.45) is 0. The van der Waals surface area contributed by atoms with Crippen LogP contribution in [0.4, 0.5) is 4.39 Å². The van der Waals surface area contributed by atoms with E-state index in [0.29, 0.717) is 11.3 Å². The highest BCUT2D eigenvalue weighted by Crippen LogP contribution is 2.18. The molecule has 0 fully saturated rings. The van der Waals surface area contributed by atoms with E-state index in [2.05, 4.69) is 11.8 Å². The maximum atomic E-state index is 12.9. The van der Waals surface area contributed by atoms with Crippen LogP contribution < -0.4 is 10.5 Å². The fourth-order valence-electron chi connectivity index (χ4n) is 1.01. The van der Waals surface area contributed by atoms with Crippen LogP contribution in [-0.2, 0) is 0 Å². The zero-order valence-corrected chi connectivity index (χ0v) is 9.10. The Morgan fingerprint density at radius 3 is 2.60 bits per heavy atom. The molecule has 0 saturated carbocycles. The van der Waals surface area contributed by atoms with Gasteiger partial charge in [-0.2, -0.15) is 0 Å². The highest BCUT2D eigenvalue weighted by molar-refractivity contribution is 5.47. The molecule has 2 N–H and O–H groups in total. The van der Waals surface area contributed by atoms with Gasteiger partial charge in [0.15, 0.2) is 0 Å². The summed E-state index contributed by atoms with van der Waals surface area (Å²) < 4.78 is 18.0. The SMILES string of the molecule is COc1ccc(F)cc1C#CC(C)(C)N. The van der Waals surface area contributed by atoms with Gasteiger partial charge < -0.3 is 10.5 Å². The number of nitrogens with two attached hydrogens (primary N) is 1. The molecule has 0 saturated heterocycles. The molecule has 0 spiro atoms. The smallest absolute Gasteiger partial charge is 0.134 e. The van der Waals surface area contributed by atoms with Crippen molar-refractivity contribution in [2.24, 2.45) is 5.73 Å². The number of ether oxygens (including phenoxy) is 1. The van der Waals surface area contributed by atoms with Crippen molar-refractivity contribution in [3.05, 3.63) is 29.6 Å². The van der Waals surface area contributed by atoms with Gasteiger partial charge in [-0.3, -0.25) is 0 Å². The average Bonchev–Trinajstić information content (AvgIpc) is 2.14. The Morgan fingerprint density at radius 2 is 2.07 bits per heavy atom. The largest absolute Gasteiger partial charge is 0.495 e. The Labute approximate surface area is 89.2 Å². The Hall–Kier alpha value is -1.53. The van der Waals surface area contributed by atoms with E-state index in [4.69, 9.17) is 10.5 Å². The molecule has 0 aliphatic heterocycles. The molecule has 3 heteroatoms. The molecule has 1 aromatic carbocycles. The first-order chi connectivity index (χ1) is 6.92. The van der Waals surface area contributed by atoms with Gasteiger partial charge in [0.25, 0.3) is 0 Å². The molecule has 0 aliphatic rings. The van der Waals surface area contributed by atoms with Gasteiger partial charge >= 0.3 is 0 Å². The van der Waals surface area contributed by atoms with Gasteiger partial charge in [-0.25, -0.2) is 4.39 Å². The van der Waals surface area contributed by atoms with Gasteiger partial charge in [-0.1, -0.05) is 11.8 Å². The molecule has 0 amide bonds. The van der Waals surface area contributed by atoms with Gasteiger partial charge in [0.2, 0.25) is 0 Å². The number of benzene rings is 1. The Kier molecular flexibility index (Phi) is 3.33. The van der Waals surface area contributed by atoms with Crippen LogP contribution in [0.3, 0.4) is 0 Å². The zero-order valence-electron chi connectivity index (χ0n) is 9.10. The zero-order chi connectivity index (χ0) is 11.5. The number of hydrogen-bond donors (Lipinski definition) is 1. The Morgan fingerprint density at radius 1 is 1.40 bits per heavy atom. The monoisotopic (exact) mass is 207 g/mol. The van der Waals surface area contributed by atoms with Crippen molar-refractivity contribution >= 4 is 0 Å². The quantitative estimate of drug-likeness (QED) is 0.714. The average molecular weight is 207 g/mol. The normalized spacial score (nSPS) is 10.5. The van der Waals surface area contributed by atoms with Crippen molar-refractivity contribution in [2.75, 3.05) is 7.11 Å². The van der Waals surface area contributed by atoms with Gasteiger partial charge in [-0.05, 0) is 32.0 Å². The second kappa shape index (κ2) is 4.33. The topological polar surface area (TPSA) is 35.2 Å². The summed E-state index contributed by atoms with van der Waals surface area (Å²) in [5, 5.41) is 0. The molecule has 0 atom stereocenters. The van der Waals surface area contributed by atoms with Crippen LogP contribution >= 0.6 is 0 Å². The molecule has 0 aliphatic carbocycles. The molecule has 80 valence electrons. The van der Waals surface area contributed by atoms with Crippen molar-refractivity contribution in [3.63, 3.8) is 0 Å². The lowest BCUT2D eigenvalue weighted by molar-refractivity contribution is 0.412. The Bertz CT molecular complexity index is 410. The van der Waals surface area contributed by atoms with Crippen LogP contribution in [0.1, 0.15) is 19.4 Å². The molecule has 0 aromatic heterocycles. The van der Waals surface area contributed by atoms with E-state index in [1.807, 2.05) is 0 Å². The van der Waals surface area contributed by atoms with Gasteiger partial charge in [0.05, 0.1) is 18.2 Å². The maximum absolute atomic E-state index is 12.9. The Balaban J connectivity index is 3.11. The molecule has 0 radical (unpaired) electrons. The van der Waals surface area contributed by atoms with Crippen LogP contribution in [0.2, 0.25) is 0 Å². The molecule has 15 heavy (non-hydrogen) atoms. The minimum atomic E-state index is -0.600. The van der Waals surface area contributed by atoms with Crippen LogP contribution in [-0.4, -0.2) is 12.6 Å². The molecule has 1 aromatic rings. The first-order valence-corrected chi connectivity index (χ1v) is 4.58. The molecule has 2 nitrogen and oxygen atoms in total. The highest BCUT2D eigenvalue weighted by atomic mass is 19.1. The van der Waals surface area contributed by atoms with E-state index in [-0.39, 0.29) is 5.82 Å².